The van der Waals surface area contributed by atoms with Crippen molar-refractivity contribution >= 4 is 5.84 Å². The van der Waals surface area contributed by atoms with E-state index in [0.29, 0.717) is 0 Å². The van der Waals surface area contributed by atoms with Crippen molar-refractivity contribution < 1.29 is 0 Å². The maximum Gasteiger partial charge on any atom is 0.0963 e. The number of hydrogen-bond donors (Lipinski definition) is 1. The lowest BCUT2D eigenvalue weighted by atomic mass is 9.98. The zero-order chi connectivity index (χ0) is 9.10. The highest BCUT2D eigenvalue weighted by Gasteiger charge is 2.23. The molecule has 1 heterocycles. The van der Waals surface area contributed by atoms with E-state index in [1.54, 1.807) is 0 Å². The first-order chi connectivity index (χ1) is 6.36. The molecule has 1 fully saturated rings. The predicted molar refractivity (Wildman–Crippen MR) is 56.0 cm³/mol. The predicted octanol–water partition coefficient (Wildman–Crippen LogP) is 2.20. The quantitative estimate of drug-likeness (QED) is 0.692. The average molecular weight is 180 g/mol. The van der Waals surface area contributed by atoms with E-state index in [2.05, 4.69) is 17.2 Å². The first-order valence-electron chi connectivity index (χ1n) is 5.63. The average Bonchev–Trinajstić information content (AvgIpc) is 2.72. The van der Waals surface area contributed by atoms with E-state index >= 15 is 0 Å². The number of nitrogens with one attached hydrogen (secondary N) is 1. The van der Waals surface area contributed by atoms with Gasteiger partial charge in [-0.25, -0.2) is 0 Å². The first-order valence-corrected chi connectivity index (χ1v) is 5.63. The molecule has 2 unspecified atom stereocenters. The van der Waals surface area contributed by atoms with Crippen LogP contribution in [-0.4, -0.2) is 18.9 Å². The highest BCUT2D eigenvalue weighted by Crippen LogP contribution is 2.30. The van der Waals surface area contributed by atoms with Gasteiger partial charge in [0, 0.05) is 19.5 Å². The topological polar surface area (TPSA) is 24.4 Å². The minimum Gasteiger partial charge on any atom is -0.374 e. The zero-order valence-corrected chi connectivity index (χ0v) is 8.55. The van der Waals surface area contributed by atoms with Gasteiger partial charge in [-0.2, -0.15) is 0 Å². The minimum atomic E-state index is 0.906. The Morgan fingerprint density at radius 2 is 2.31 bits per heavy atom. The van der Waals surface area contributed by atoms with Gasteiger partial charge < -0.3 is 5.32 Å². The third kappa shape index (κ3) is 2.23. The molecule has 0 radical (unpaired) electrons. The summed E-state index contributed by atoms with van der Waals surface area (Å²) < 4.78 is 0. The lowest BCUT2D eigenvalue weighted by molar-refractivity contribution is 0.414. The molecule has 0 aromatic carbocycles. The van der Waals surface area contributed by atoms with Gasteiger partial charge >= 0.3 is 0 Å². The van der Waals surface area contributed by atoms with Crippen LogP contribution in [-0.2, 0) is 0 Å². The Balaban J connectivity index is 1.72. The Morgan fingerprint density at radius 3 is 2.92 bits per heavy atom. The molecule has 0 amide bonds. The van der Waals surface area contributed by atoms with Crippen molar-refractivity contribution in [2.45, 2.75) is 39.0 Å². The van der Waals surface area contributed by atoms with E-state index in [-0.39, 0.29) is 0 Å². The number of aliphatic imine (C=N–C) groups is 1. The number of amidine groups is 1. The third-order valence-corrected chi connectivity index (χ3v) is 3.48. The molecular formula is C11H20N2. The van der Waals surface area contributed by atoms with Crippen molar-refractivity contribution in [1.82, 2.24) is 5.32 Å². The van der Waals surface area contributed by atoms with Crippen LogP contribution in [0.3, 0.4) is 0 Å². The van der Waals surface area contributed by atoms with E-state index in [1.165, 1.54) is 44.5 Å². The highest BCUT2D eigenvalue weighted by molar-refractivity contribution is 5.83. The molecule has 0 bridgehead atoms. The largest absolute Gasteiger partial charge is 0.374 e. The molecular weight excluding hydrogens is 160 g/mol. The summed E-state index contributed by atoms with van der Waals surface area (Å²) in [5.41, 5.74) is 0. The molecule has 2 aliphatic rings. The van der Waals surface area contributed by atoms with Crippen molar-refractivity contribution in [1.29, 1.82) is 0 Å². The molecule has 1 aliphatic heterocycles. The first kappa shape index (κ1) is 9.04. The van der Waals surface area contributed by atoms with Crippen molar-refractivity contribution in [2.75, 3.05) is 13.1 Å². The van der Waals surface area contributed by atoms with E-state index in [1.807, 2.05) is 0 Å². The normalized spacial score (nSPS) is 33.5. The van der Waals surface area contributed by atoms with Gasteiger partial charge in [0.05, 0.1) is 5.84 Å². The van der Waals surface area contributed by atoms with Crippen LogP contribution in [0.1, 0.15) is 39.0 Å². The second kappa shape index (κ2) is 4.12. The highest BCUT2D eigenvalue weighted by atomic mass is 15.0. The summed E-state index contributed by atoms with van der Waals surface area (Å²) in [4.78, 5) is 4.43. The molecule has 1 aliphatic carbocycles. The molecule has 0 spiro atoms. The Kier molecular flexibility index (Phi) is 2.87. The molecule has 2 nitrogen and oxygen atoms in total. The van der Waals surface area contributed by atoms with Gasteiger partial charge in [0.25, 0.3) is 0 Å². The molecule has 1 N–H and O–H groups in total. The zero-order valence-electron chi connectivity index (χ0n) is 8.55. The van der Waals surface area contributed by atoms with Gasteiger partial charge in [0.15, 0.2) is 0 Å². The van der Waals surface area contributed by atoms with Crippen molar-refractivity contribution in [3.05, 3.63) is 0 Å². The van der Waals surface area contributed by atoms with Crippen LogP contribution in [0.2, 0.25) is 0 Å². The molecule has 2 atom stereocenters. The second-order valence-electron chi connectivity index (χ2n) is 4.48. The summed E-state index contributed by atoms with van der Waals surface area (Å²) in [7, 11) is 0. The Hall–Kier alpha value is -0.530. The van der Waals surface area contributed by atoms with E-state index in [0.717, 1.165) is 18.4 Å². The number of hydrogen-bond acceptors (Lipinski definition) is 2. The molecule has 0 aromatic rings. The summed E-state index contributed by atoms with van der Waals surface area (Å²) in [5.74, 6) is 3.09. The van der Waals surface area contributed by atoms with E-state index in [4.69, 9.17) is 0 Å². The van der Waals surface area contributed by atoms with Gasteiger partial charge in [0.2, 0.25) is 0 Å². The fourth-order valence-electron chi connectivity index (χ4n) is 2.46. The van der Waals surface area contributed by atoms with Gasteiger partial charge in [0.1, 0.15) is 0 Å². The van der Waals surface area contributed by atoms with Crippen LogP contribution >= 0.6 is 0 Å². The van der Waals surface area contributed by atoms with Gasteiger partial charge in [-0.3, -0.25) is 4.99 Å². The molecule has 0 saturated heterocycles. The number of rotatable bonds is 2. The van der Waals surface area contributed by atoms with Crippen LogP contribution in [0.5, 0.6) is 0 Å². The van der Waals surface area contributed by atoms with Crippen molar-refractivity contribution in [3.63, 3.8) is 0 Å². The van der Waals surface area contributed by atoms with E-state index < -0.39 is 0 Å². The van der Waals surface area contributed by atoms with Crippen molar-refractivity contribution in [2.24, 2.45) is 16.8 Å². The lowest BCUT2D eigenvalue weighted by Gasteiger charge is -2.16. The van der Waals surface area contributed by atoms with Crippen LogP contribution in [0.4, 0.5) is 0 Å². The third-order valence-electron chi connectivity index (χ3n) is 3.48. The SMILES string of the molecule is CC1CCCC1CNC1=NCCC1. The molecule has 0 aromatic heterocycles. The maximum absolute atomic E-state index is 4.43. The summed E-state index contributed by atoms with van der Waals surface area (Å²) in [6.07, 6.45) is 6.71. The smallest absolute Gasteiger partial charge is 0.0963 e. The summed E-state index contributed by atoms with van der Waals surface area (Å²) in [6.45, 7) is 4.60. The Labute approximate surface area is 80.8 Å². The van der Waals surface area contributed by atoms with Crippen LogP contribution < -0.4 is 5.32 Å². The summed E-state index contributed by atoms with van der Waals surface area (Å²) in [6, 6.07) is 0. The monoisotopic (exact) mass is 180 g/mol. The fraction of sp³-hybridized carbons (Fsp3) is 0.909. The van der Waals surface area contributed by atoms with Crippen LogP contribution in [0.25, 0.3) is 0 Å². The second-order valence-corrected chi connectivity index (χ2v) is 4.48. The van der Waals surface area contributed by atoms with Gasteiger partial charge in [-0.15, -0.1) is 0 Å². The van der Waals surface area contributed by atoms with Gasteiger partial charge in [-0.05, 0) is 24.7 Å². The fourth-order valence-corrected chi connectivity index (χ4v) is 2.46. The van der Waals surface area contributed by atoms with E-state index in [9.17, 15) is 0 Å². The van der Waals surface area contributed by atoms with Crippen molar-refractivity contribution in [3.8, 4) is 0 Å². The lowest BCUT2D eigenvalue weighted by Crippen LogP contribution is -2.29. The van der Waals surface area contributed by atoms with Crippen LogP contribution in [0, 0.1) is 11.8 Å². The number of nitrogens with zero attached hydrogens (tertiary/aromatic N) is 1. The Morgan fingerprint density at radius 1 is 1.38 bits per heavy atom. The summed E-state index contributed by atoms with van der Waals surface area (Å²) in [5, 5.41) is 3.50. The van der Waals surface area contributed by atoms with Gasteiger partial charge in [-0.1, -0.05) is 19.8 Å². The molecule has 1 saturated carbocycles. The molecule has 13 heavy (non-hydrogen) atoms. The minimum absolute atomic E-state index is 0.906. The molecule has 2 heteroatoms. The van der Waals surface area contributed by atoms with Crippen LogP contribution in [0.15, 0.2) is 4.99 Å². The standard InChI is InChI=1S/C11H20N2/c1-9-4-2-5-10(9)8-13-11-6-3-7-12-11/h9-10H,2-8H2,1H3,(H,12,13). The Bertz CT molecular complexity index is 198. The summed E-state index contributed by atoms with van der Waals surface area (Å²) >= 11 is 0. The molecule has 74 valence electrons. The maximum atomic E-state index is 4.43. The molecule has 2 rings (SSSR count).